The highest BCUT2D eigenvalue weighted by Crippen LogP contribution is 2.37. The number of thioether (sulfide) groups is 1. The van der Waals surface area contributed by atoms with E-state index in [-0.39, 0.29) is 5.91 Å². The van der Waals surface area contributed by atoms with Gasteiger partial charge >= 0.3 is 0 Å². The fraction of sp³-hybridized carbons (Fsp3) is 0.476. The number of para-hydroxylation sites is 1. The molecule has 1 saturated carbocycles. The van der Waals surface area contributed by atoms with Crippen molar-refractivity contribution < 1.29 is 9.21 Å². The summed E-state index contributed by atoms with van der Waals surface area (Å²) in [6.07, 6.45) is 8.06. The molecule has 1 saturated heterocycles. The molecule has 2 aliphatic rings. The summed E-state index contributed by atoms with van der Waals surface area (Å²) in [6, 6.07) is 7.86. The predicted molar refractivity (Wildman–Crippen MR) is 107 cm³/mol. The molecule has 3 heterocycles. The predicted octanol–water partition coefficient (Wildman–Crippen LogP) is 4.51. The number of likely N-dealkylation sites (tertiary alicyclic amines) is 1. The largest absolute Gasteiger partial charge is 0.451 e. The van der Waals surface area contributed by atoms with Crippen molar-refractivity contribution in [2.45, 2.75) is 37.1 Å². The molecule has 0 bridgehead atoms. The molecule has 1 aliphatic heterocycles. The van der Waals surface area contributed by atoms with Crippen LogP contribution in [0.1, 0.15) is 32.1 Å². The van der Waals surface area contributed by atoms with E-state index in [0.29, 0.717) is 17.3 Å². The van der Waals surface area contributed by atoms with Gasteiger partial charge in [-0.2, -0.15) is 0 Å². The normalized spacial score (nSPS) is 22.9. The molecule has 2 fully saturated rings. The van der Waals surface area contributed by atoms with Crippen LogP contribution >= 0.6 is 11.8 Å². The third-order valence-corrected chi connectivity index (χ3v) is 7.06. The van der Waals surface area contributed by atoms with Gasteiger partial charge in [0, 0.05) is 18.5 Å². The summed E-state index contributed by atoms with van der Waals surface area (Å²) in [5, 5.41) is 1.74. The van der Waals surface area contributed by atoms with E-state index in [4.69, 9.17) is 4.42 Å². The molecule has 2 aromatic heterocycles. The van der Waals surface area contributed by atoms with Crippen LogP contribution in [0.5, 0.6) is 0 Å². The van der Waals surface area contributed by atoms with Crippen LogP contribution in [-0.2, 0) is 4.79 Å². The van der Waals surface area contributed by atoms with Crippen LogP contribution in [0, 0.1) is 11.8 Å². The maximum absolute atomic E-state index is 12.8. The number of fused-ring (bicyclic) bond motifs is 4. The molecule has 5 rings (SSSR count). The van der Waals surface area contributed by atoms with Crippen molar-refractivity contribution in [1.82, 2.24) is 14.9 Å². The standard InChI is InChI=1S/C21H23N3O2S/c25-18(24-10-9-14-5-1-2-6-15(14)11-24)12-27-21-20-19(22-13-23-21)16-7-3-4-8-17(16)26-20/h3-4,7-8,13-15H,1-2,5-6,9-12H2/t14-,15-/m1/s1. The van der Waals surface area contributed by atoms with Gasteiger partial charge in [0.2, 0.25) is 5.91 Å². The van der Waals surface area contributed by atoms with Crippen molar-refractivity contribution in [2.75, 3.05) is 18.8 Å². The molecule has 2 atom stereocenters. The molecule has 0 unspecified atom stereocenters. The van der Waals surface area contributed by atoms with Crippen LogP contribution in [0.4, 0.5) is 0 Å². The minimum Gasteiger partial charge on any atom is -0.451 e. The van der Waals surface area contributed by atoms with Crippen LogP contribution in [0.2, 0.25) is 0 Å². The van der Waals surface area contributed by atoms with Gasteiger partial charge in [-0.1, -0.05) is 43.2 Å². The molecule has 0 N–H and O–H groups in total. The highest BCUT2D eigenvalue weighted by molar-refractivity contribution is 8.00. The van der Waals surface area contributed by atoms with Crippen LogP contribution in [0.15, 0.2) is 40.0 Å². The number of hydrogen-bond acceptors (Lipinski definition) is 5. The van der Waals surface area contributed by atoms with Crippen LogP contribution < -0.4 is 0 Å². The number of piperidine rings is 1. The number of rotatable bonds is 3. The Morgan fingerprint density at radius 2 is 2.00 bits per heavy atom. The minimum absolute atomic E-state index is 0.215. The fourth-order valence-electron chi connectivity index (χ4n) is 4.65. The summed E-state index contributed by atoms with van der Waals surface area (Å²) in [5.74, 6) is 2.17. The Morgan fingerprint density at radius 3 is 2.93 bits per heavy atom. The van der Waals surface area contributed by atoms with Gasteiger partial charge in [0.25, 0.3) is 0 Å². The summed E-state index contributed by atoms with van der Waals surface area (Å²) in [4.78, 5) is 23.6. The first-order valence-corrected chi connectivity index (χ1v) is 10.8. The number of aromatic nitrogens is 2. The van der Waals surface area contributed by atoms with Crippen molar-refractivity contribution in [1.29, 1.82) is 0 Å². The molecule has 3 aromatic rings. The van der Waals surface area contributed by atoms with E-state index in [9.17, 15) is 4.79 Å². The molecule has 1 aliphatic carbocycles. The Bertz CT molecular complexity index is 986. The monoisotopic (exact) mass is 381 g/mol. The van der Waals surface area contributed by atoms with Crippen LogP contribution in [0.25, 0.3) is 22.1 Å². The number of carbonyl (C=O) groups is 1. The highest BCUT2D eigenvalue weighted by Gasteiger charge is 2.32. The maximum atomic E-state index is 12.8. The van der Waals surface area contributed by atoms with E-state index in [2.05, 4.69) is 14.9 Å². The lowest BCUT2D eigenvalue weighted by atomic mass is 9.75. The second-order valence-electron chi connectivity index (χ2n) is 7.68. The number of carbonyl (C=O) groups excluding carboxylic acids is 1. The van der Waals surface area contributed by atoms with Crippen molar-refractivity contribution in [2.24, 2.45) is 11.8 Å². The number of nitrogens with zero attached hydrogens (tertiary/aromatic N) is 3. The Kier molecular flexibility index (Phi) is 4.52. The van der Waals surface area contributed by atoms with E-state index in [1.54, 1.807) is 6.33 Å². The molecular weight excluding hydrogens is 358 g/mol. The Morgan fingerprint density at radius 1 is 1.15 bits per heavy atom. The smallest absolute Gasteiger partial charge is 0.233 e. The van der Waals surface area contributed by atoms with Gasteiger partial charge in [-0.15, -0.1) is 0 Å². The van der Waals surface area contributed by atoms with Crippen molar-refractivity contribution in [3.8, 4) is 0 Å². The van der Waals surface area contributed by atoms with Crippen LogP contribution in [-0.4, -0.2) is 39.6 Å². The zero-order chi connectivity index (χ0) is 18.2. The van der Waals surface area contributed by atoms with Gasteiger partial charge < -0.3 is 9.32 Å². The van der Waals surface area contributed by atoms with Gasteiger partial charge in [0.05, 0.1) is 5.75 Å². The Labute approximate surface area is 162 Å². The average Bonchev–Trinajstić information content (AvgIpc) is 3.11. The van der Waals surface area contributed by atoms with E-state index in [1.165, 1.54) is 43.9 Å². The molecule has 140 valence electrons. The minimum atomic E-state index is 0.215. The lowest BCUT2D eigenvalue weighted by Crippen LogP contribution is -2.45. The molecule has 1 aromatic carbocycles. The summed E-state index contributed by atoms with van der Waals surface area (Å²) < 4.78 is 5.96. The Hall–Kier alpha value is -2.08. The molecule has 0 spiro atoms. The summed E-state index contributed by atoms with van der Waals surface area (Å²) in [6.45, 7) is 1.85. The summed E-state index contributed by atoms with van der Waals surface area (Å²) >= 11 is 1.46. The quantitative estimate of drug-likeness (QED) is 0.494. The van der Waals surface area contributed by atoms with E-state index < -0.39 is 0 Å². The highest BCUT2D eigenvalue weighted by atomic mass is 32.2. The molecule has 1 amide bonds. The molecule has 6 heteroatoms. The topological polar surface area (TPSA) is 59.2 Å². The second kappa shape index (κ2) is 7.15. The SMILES string of the molecule is O=C(CSc1ncnc2c1oc1ccccc12)N1CC[C@H]2CCCC[C@@H]2C1. The first-order chi connectivity index (χ1) is 13.3. The first kappa shape index (κ1) is 17.0. The van der Waals surface area contributed by atoms with E-state index in [1.807, 2.05) is 24.3 Å². The molecular formula is C21H23N3O2S. The fourth-order valence-corrected chi connectivity index (χ4v) is 5.49. The van der Waals surface area contributed by atoms with E-state index >= 15 is 0 Å². The molecule has 0 radical (unpaired) electrons. The van der Waals surface area contributed by atoms with Gasteiger partial charge in [-0.25, -0.2) is 9.97 Å². The number of amides is 1. The number of benzene rings is 1. The zero-order valence-electron chi connectivity index (χ0n) is 15.3. The lowest BCUT2D eigenvalue weighted by Gasteiger charge is -2.41. The number of furan rings is 1. The second-order valence-corrected chi connectivity index (χ2v) is 8.64. The van der Waals surface area contributed by atoms with Crippen LogP contribution in [0.3, 0.4) is 0 Å². The molecule has 5 nitrogen and oxygen atoms in total. The van der Waals surface area contributed by atoms with E-state index in [0.717, 1.165) is 40.5 Å². The third kappa shape index (κ3) is 3.20. The van der Waals surface area contributed by atoms with Gasteiger partial charge in [0.1, 0.15) is 22.5 Å². The van der Waals surface area contributed by atoms with Crippen molar-refractivity contribution >= 4 is 39.7 Å². The third-order valence-electron chi connectivity index (χ3n) is 6.10. The van der Waals surface area contributed by atoms with Gasteiger partial charge in [0.15, 0.2) is 5.58 Å². The lowest BCUT2D eigenvalue weighted by molar-refractivity contribution is -0.131. The van der Waals surface area contributed by atoms with Crippen molar-refractivity contribution in [3.63, 3.8) is 0 Å². The summed E-state index contributed by atoms with van der Waals surface area (Å²) in [5.41, 5.74) is 2.31. The maximum Gasteiger partial charge on any atom is 0.233 e. The summed E-state index contributed by atoms with van der Waals surface area (Å²) in [7, 11) is 0. The number of hydrogen-bond donors (Lipinski definition) is 0. The first-order valence-electron chi connectivity index (χ1n) is 9.82. The van der Waals surface area contributed by atoms with Gasteiger partial charge in [-0.3, -0.25) is 4.79 Å². The average molecular weight is 382 g/mol. The Balaban J connectivity index is 1.30. The molecule has 27 heavy (non-hydrogen) atoms. The zero-order valence-corrected chi connectivity index (χ0v) is 16.1. The van der Waals surface area contributed by atoms with Gasteiger partial charge in [-0.05, 0) is 36.8 Å². The van der Waals surface area contributed by atoms with Crippen molar-refractivity contribution in [3.05, 3.63) is 30.6 Å².